The molecule has 0 spiro atoms. The molecule has 9 aromatic carbocycles. The summed E-state index contributed by atoms with van der Waals surface area (Å²) < 4.78 is 2.47. The first-order chi connectivity index (χ1) is 32.9. The number of anilines is 6. The quantitative estimate of drug-likeness (QED) is 0.137. The van der Waals surface area contributed by atoms with Crippen LogP contribution in [0.1, 0.15) is 22.3 Å². The SMILES string of the molecule is Cc1cccc(-c2cc(-c3cc(C)c(-n4c5ccc(N(c6ccccc6)c6ccccc6)cc5c5cc(N(c6ccccc6)c6ccccc6)ccc54)c(C)c3)nc(-c3cccc(C)c3)n2)c1. The normalized spacial score (nSPS) is 11.3. The summed E-state index contributed by atoms with van der Waals surface area (Å²) in [6.07, 6.45) is 0. The van der Waals surface area contributed by atoms with Gasteiger partial charge in [-0.15, -0.1) is 0 Å². The first-order valence-corrected chi connectivity index (χ1v) is 22.9. The second kappa shape index (κ2) is 17.4. The molecule has 67 heavy (non-hydrogen) atoms. The summed E-state index contributed by atoms with van der Waals surface area (Å²) in [7, 11) is 0. The molecule has 0 N–H and O–H groups in total. The van der Waals surface area contributed by atoms with E-state index in [1.54, 1.807) is 0 Å². The maximum absolute atomic E-state index is 5.26. The number of rotatable bonds is 10. The van der Waals surface area contributed by atoms with Gasteiger partial charge >= 0.3 is 0 Å². The molecular weight excluding hydrogens is 815 g/mol. The lowest BCUT2D eigenvalue weighted by molar-refractivity contribution is 1.12. The van der Waals surface area contributed by atoms with Gasteiger partial charge in [-0.2, -0.15) is 0 Å². The average Bonchev–Trinajstić information content (AvgIpc) is 3.67. The van der Waals surface area contributed by atoms with Gasteiger partial charge in [-0.3, -0.25) is 0 Å². The fourth-order valence-electron chi connectivity index (χ4n) is 9.64. The van der Waals surface area contributed by atoms with Gasteiger partial charge in [0.15, 0.2) is 5.82 Å². The van der Waals surface area contributed by atoms with Gasteiger partial charge in [-0.25, -0.2) is 9.97 Å². The zero-order valence-corrected chi connectivity index (χ0v) is 38.1. The topological polar surface area (TPSA) is 37.2 Å². The maximum Gasteiger partial charge on any atom is 0.160 e. The lowest BCUT2D eigenvalue weighted by Gasteiger charge is -2.26. The Bertz CT molecular complexity index is 3260. The molecule has 2 aromatic heterocycles. The molecule has 0 aliphatic carbocycles. The third-order valence-electron chi connectivity index (χ3n) is 12.6. The average molecular weight is 864 g/mol. The molecule has 0 saturated carbocycles. The van der Waals surface area contributed by atoms with Crippen LogP contribution in [0.3, 0.4) is 0 Å². The molecule has 5 nitrogen and oxygen atoms in total. The highest BCUT2D eigenvalue weighted by molar-refractivity contribution is 6.12. The molecule has 0 bridgehead atoms. The van der Waals surface area contributed by atoms with Gasteiger partial charge in [0.05, 0.1) is 28.1 Å². The van der Waals surface area contributed by atoms with Crippen LogP contribution in [0, 0.1) is 27.7 Å². The molecular formula is C62H49N5. The number of nitrogens with zero attached hydrogens (tertiary/aromatic N) is 5. The molecule has 0 atom stereocenters. The number of aromatic nitrogens is 3. The molecule has 0 amide bonds. The fourth-order valence-corrected chi connectivity index (χ4v) is 9.64. The number of benzene rings is 9. The third-order valence-corrected chi connectivity index (χ3v) is 12.6. The summed E-state index contributed by atoms with van der Waals surface area (Å²) in [5.41, 5.74) is 19.6. The van der Waals surface area contributed by atoms with Crippen LogP contribution in [-0.4, -0.2) is 14.5 Å². The second-order valence-corrected chi connectivity index (χ2v) is 17.4. The maximum atomic E-state index is 5.26. The van der Waals surface area contributed by atoms with Crippen molar-refractivity contribution in [2.75, 3.05) is 9.80 Å². The first-order valence-electron chi connectivity index (χ1n) is 22.9. The Labute approximate surface area is 392 Å². The molecule has 11 rings (SSSR count). The summed E-state index contributed by atoms with van der Waals surface area (Å²) in [6.45, 7) is 8.70. The number of aryl methyl sites for hydroxylation is 4. The van der Waals surface area contributed by atoms with Gasteiger partial charge in [0, 0.05) is 61.6 Å². The predicted molar refractivity (Wildman–Crippen MR) is 281 cm³/mol. The molecule has 11 aromatic rings. The zero-order valence-electron chi connectivity index (χ0n) is 38.1. The monoisotopic (exact) mass is 863 g/mol. The smallest absolute Gasteiger partial charge is 0.160 e. The standard InChI is InChI=1S/C62H49N5/c1-42-19-17-21-46(35-42)57-41-58(64-62(63-57)47-22-18-20-43(2)36-47)48-37-44(3)61(45(4)38-48)67-59-33-31-53(65(49-23-9-5-10-24-49)50-25-11-6-12-26-50)39-55(59)56-40-54(32-34-60(56)67)66(51-27-13-7-14-28-51)52-29-15-8-16-30-52/h5-41H,1-4H3. The molecule has 0 saturated heterocycles. The highest BCUT2D eigenvalue weighted by atomic mass is 15.1. The summed E-state index contributed by atoms with van der Waals surface area (Å²) in [5.74, 6) is 0.714. The van der Waals surface area contributed by atoms with Gasteiger partial charge in [-0.05, 0) is 154 Å². The lowest BCUT2D eigenvalue weighted by atomic mass is 9.99. The Hall–Kier alpha value is -8.54. The van der Waals surface area contributed by atoms with Crippen LogP contribution < -0.4 is 9.80 Å². The van der Waals surface area contributed by atoms with Gasteiger partial charge in [0.1, 0.15) is 0 Å². The van der Waals surface area contributed by atoms with Crippen molar-refractivity contribution in [3.8, 4) is 39.6 Å². The Kier molecular flexibility index (Phi) is 10.7. The first kappa shape index (κ1) is 41.2. The van der Waals surface area contributed by atoms with E-state index in [-0.39, 0.29) is 0 Å². The summed E-state index contributed by atoms with van der Waals surface area (Å²) in [6, 6.07) is 80.1. The minimum Gasteiger partial charge on any atom is -0.310 e. The largest absolute Gasteiger partial charge is 0.310 e. The van der Waals surface area contributed by atoms with E-state index < -0.39 is 0 Å². The summed E-state index contributed by atoms with van der Waals surface area (Å²) >= 11 is 0. The molecule has 2 heterocycles. The highest BCUT2D eigenvalue weighted by Crippen LogP contribution is 2.44. The molecule has 5 heteroatoms. The molecule has 322 valence electrons. The van der Waals surface area contributed by atoms with Crippen molar-refractivity contribution in [1.82, 2.24) is 14.5 Å². The summed E-state index contributed by atoms with van der Waals surface area (Å²) in [5, 5.41) is 2.33. The van der Waals surface area contributed by atoms with E-state index in [2.05, 4.69) is 267 Å². The number of para-hydroxylation sites is 4. The number of hydrogen-bond donors (Lipinski definition) is 0. The van der Waals surface area contributed by atoms with Crippen molar-refractivity contribution in [2.24, 2.45) is 0 Å². The van der Waals surface area contributed by atoms with Crippen molar-refractivity contribution in [3.05, 3.63) is 247 Å². The van der Waals surface area contributed by atoms with Crippen molar-refractivity contribution >= 4 is 55.9 Å². The van der Waals surface area contributed by atoms with E-state index in [0.29, 0.717) is 5.82 Å². The van der Waals surface area contributed by atoms with Crippen LogP contribution in [0.15, 0.2) is 224 Å². The molecule has 0 aliphatic rings. The summed E-state index contributed by atoms with van der Waals surface area (Å²) in [4.78, 5) is 15.1. The second-order valence-electron chi connectivity index (χ2n) is 17.4. The van der Waals surface area contributed by atoms with Crippen molar-refractivity contribution in [3.63, 3.8) is 0 Å². The number of hydrogen-bond acceptors (Lipinski definition) is 4. The van der Waals surface area contributed by atoms with Crippen molar-refractivity contribution < 1.29 is 0 Å². The minimum absolute atomic E-state index is 0.714. The van der Waals surface area contributed by atoms with Gasteiger partial charge in [0.2, 0.25) is 0 Å². The zero-order chi connectivity index (χ0) is 45.4. The van der Waals surface area contributed by atoms with Gasteiger partial charge < -0.3 is 14.4 Å². The molecule has 0 fully saturated rings. The van der Waals surface area contributed by atoms with Crippen LogP contribution in [0.4, 0.5) is 34.1 Å². The van der Waals surface area contributed by atoms with Crippen LogP contribution in [0.2, 0.25) is 0 Å². The van der Waals surface area contributed by atoms with Crippen LogP contribution >= 0.6 is 0 Å². The van der Waals surface area contributed by atoms with Crippen molar-refractivity contribution in [1.29, 1.82) is 0 Å². The van der Waals surface area contributed by atoms with Crippen LogP contribution in [-0.2, 0) is 0 Å². The minimum atomic E-state index is 0.714. The highest BCUT2D eigenvalue weighted by Gasteiger charge is 2.22. The molecule has 0 unspecified atom stereocenters. The van der Waals surface area contributed by atoms with E-state index in [0.717, 1.165) is 101 Å². The molecule has 0 radical (unpaired) electrons. The van der Waals surface area contributed by atoms with E-state index in [9.17, 15) is 0 Å². The van der Waals surface area contributed by atoms with E-state index >= 15 is 0 Å². The predicted octanol–water partition coefficient (Wildman–Crippen LogP) is 16.7. The Morgan fingerprint density at radius 1 is 0.328 bits per heavy atom. The van der Waals surface area contributed by atoms with Gasteiger partial charge in [0.25, 0.3) is 0 Å². The Morgan fingerprint density at radius 3 is 1.16 bits per heavy atom. The van der Waals surface area contributed by atoms with Gasteiger partial charge in [-0.1, -0.05) is 120 Å². The fraction of sp³-hybridized carbons (Fsp3) is 0.0645. The van der Waals surface area contributed by atoms with E-state index in [1.165, 1.54) is 11.1 Å². The Balaban J connectivity index is 1.12. The van der Waals surface area contributed by atoms with E-state index in [4.69, 9.17) is 9.97 Å². The Morgan fingerprint density at radius 2 is 0.731 bits per heavy atom. The third kappa shape index (κ3) is 7.91. The van der Waals surface area contributed by atoms with E-state index in [1.807, 2.05) is 0 Å². The van der Waals surface area contributed by atoms with Crippen LogP contribution in [0.5, 0.6) is 0 Å². The molecule has 0 aliphatic heterocycles. The number of fused-ring (bicyclic) bond motifs is 3. The van der Waals surface area contributed by atoms with Crippen molar-refractivity contribution in [2.45, 2.75) is 27.7 Å². The lowest BCUT2D eigenvalue weighted by Crippen LogP contribution is -2.09. The van der Waals surface area contributed by atoms with Crippen LogP contribution in [0.25, 0.3) is 61.4 Å².